The van der Waals surface area contributed by atoms with Crippen LogP contribution in [-0.2, 0) is 19.4 Å². The van der Waals surface area contributed by atoms with E-state index in [0.29, 0.717) is 24.6 Å². The monoisotopic (exact) mass is 514 g/mol. The van der Waals surface area contributed by atoms with E-state index in [1.807, 2.05) is 49.5 Å². The number of rotatable bonds is 7. The van der Waals surface area contributed by atoms with E-state index in [4.69, 9.17) is 14.1 Å². The normalized spacial score (nSPS) is 15.7. The van der Waals surface area contributed by atoms with Gasteiger partial charge in [0.05, 0.1) is 25.0 Å². The molecule has 0 bridgehead atoms. The molecule has 0 saturated carbocycles. The number of carbonyl (C=O) groups excluding carboxylic acids is 1. The van der Waals surface area contributed by atoms with Crippen LogP contribution in [0.1, 0.15) is 66.2 Å². The summed E-state index contributed by atoms with van der Waals surface area (Å²) in [6.45, 7) is 9.89. The second kappa shape index (κ2) is 10.5. The van der Waals surface area contributed by atoms with Gasteiger partial charge in [0.2, 0.25) is 0 Å². The van der Waals surface area contributed by atoms with Crippen molar-refractivity contribution in [2.45, 2.75) is 53.5 Å². The summed E-state index contributed by atoms with van der Waals surface area (Å²) < 4.78 is 11.3. The van der Waals surface area contributed by atoms with Gasteiger partial charge in [0.25, 0.3) is 5.91 Å². The first-order valence-electron chi connectivity index (χ1n) is 13.0. The van der Waals surface area contributed by atoms with Gasteiger partial charge in [0, 0.05) is 22.0 Å². The summed E-state index contributed by atoms with van der Waals surface area (Å²) in [6, 6.07) is 15.9. The van der Waals surface area contributed by atoms with E-state index in [1.54, 1.807) is 17.6 Å². The number of nitrogens with one attached hydrogen (secondary N) is 1. The number of aliphatic imine (C=N–C) groups is 1. The molecule has 0 spiro atoms. The second-order valence-electron chi connectivity index (χ2n) is 10.6. The van der Waals surface area contributed by atoms with Crippen molar-refractivity contribution < 1.29 is 13.9 Å². The molecule has 0 unspecified atom stereocenters. The second-order valence-corrected chi connectivity index (χ2v) is 11.7. The minimum Gasteiger partial charge on any atom is -0.493 e. The lowest BCUT2D eigenvalue weighted by Crippen LogP contribution is -2.28. The number of thiophene rings is 1. The lowest BCUT2D eigenvalue weighted by Gasteiger charge is -2.33. The van der Waals surface area contributed by atoms with Gasteiger partial charge in [-0.2, -0.15) is 0 Å². The maximum Gasteiger partial charge on any atom is 0.255 e. The fraction of sp³-hybridized carbons (Fsp3) is 0.355. The molecule has 2 aromatic carbocycles. The van der Waals surface area contributed by atoms with Crippen LogP contribution in [0.25, 0.3) is 10.8 Å². The number of fused-ring (bicyclic) bond motifs is 2. The number of carbonyl (C=O) groups is 1. The molecule has 0 saturated heterocycles. The van der Waals surface area contributed by atoms with Crippen molar-refractivity contribution in [1.82, 2.24) is 5.32 Å². The minimum atomic E-state index is -0.0909. The van der Waals surface area contributed by atoms with Gasteiger partial charge in [-0.3, -0.25) is 4.79 Å². The molecule has 1 amide bonds. The van der Waals surface area contributed by atoms with E-state index < -0.39 is 0 Å². The molecule has 6 heteroatoms. The lowest BCUT2D eigenvalue weighted by molar-refractivity contribution is 0.0947. The molecular formula is C31H34N2O3S. The van der Waals surface area contributed by atoms with Crippen molar-refractivity contribution in [2.75, 3.05) is 6.61 Å². The summed E-state index contributed by atoms with van der Waals surface area (Å²) in [4.78, 5) is 19.7. The Kier molecular flexibility index (Phi) is 7.20. The van der Waals surface area contributed by atoms with Gasteiger partial charge < -0.3 is 14.5 Å². The van der Waals surface area contributed by atoms with E-state index in [-0.39, 0.29) is 11.3 Å². The van der Waals surface area contributed by atoms with Gasteiger partial charge in [-0.25, -0.2) is 4.99 Å². The molecule has 5 nitrogen and oxygen atoms in total. The molecule has 1 aliphatic carbocycles. The predicted octanol–water partition coefficient (Wildman–Crippen LogP) is 7.72. The topological polar surface area (TPSA) is 63.8 Å². The molecule has 4 aromatic rings. The van der Waals surface area contributed by atoms with Gasteiger partial charge >= 0.3 is 0 Å². The Balaban J connectivity index is 1.51. The Hall–Kier alpha value is -3.38. The quantitative estimate of drug-likeness (QED) is 0.257. The number of amides is 1. The highest BCUT2D eigenvalue weighted by molar-refractivity contribution is 7.16. The minimum absolute atomic E-state index is 0.0909. The summed E-state index contributed by atoms with van der Waals surface area (Å²) >= 11 is 1.66. The standard InChI is InChI=1S/C31H34N2O3S/c1-5-35-26-15-12-20(23-10-6-7-11-24(23)26)18-33-30-28(29(34)32-19-22-9-8-16-36-22)25-14-13-21(31(2,3)4)17-27(25)37-30/h6-12,15-16,18,21H,5,13-14,17,19H2,1-4H3,(H,32,34)/t21-/m0/s1. The molecule has 2 heterocycles. The molecular weight excluding hydrogens is 480 g/mol. The SMILES string of the molecule is CCOc1ccc(C=Nc2sc3c(c2C(=O)NCc2ccco2)CC[C@H](C(C)(C)C)C3)c2ccccc12. The van der Waals surface area contributed by atoms with Gasteiger partial charge in [-0.05, 0) is 72.7 Å². The maximum atomic E-state index is 13.5. The smallest absolute Gasteiger partial charge is 0.255 e. The Morgan fingerprint density at radius 1 is 1.16 bits per heavy atom. The van der Waals surface area contributed by atoms with E-state index in [0.717, 1.165) is 57.7 Å². The van der Waals surface area contributed by atoms with Crippen LogP contribution >= 0.6 is 11.3 Å². The zero-order valence-corrected chi connectivity index (χ0v) is 22.8. The van der Waals surface area contributed by atoms with Gasteiger partial charge in [0.1, 0.15) is 16.5 Å². The van der Waals surface area contributed by atoms with Crippen LogP contribution in [0.4, 0.5) is 5.00 Å². The van der Waals surface area contributed by atoms with E-state index in [9.17, 15) is 4.79 Å². The lowest BCUT2D eigenvalue weighted by atomic mass is 9.72. The van der Waals surface area contributed by atoms with Crippen LogP contribution in [-0.4, -0.2) is 18.7 Å². The summed E-state index contributed by atoms with van der Waals surface area (Å²) in [5, 5.41) is 5.96. The number of hydrogen-bond donors (Lipinski definition) is 1. The Morgan fingerprint density at radius 3 is 2.70 bits per heavy atom. The molecule has 192 valence electrons. The van der Waals surface area contributed by atoms with Crippen molar-refractivity contribution in [3.63, 3.8) is 0 Å². The van der Waals surface area contributed by atoms with Crippen LogP contribution in [0.15, 0.2) is 64.2 Å². The molecule has 0 radical (unpaired) electrons. The summed E-state index contributed by atoms with van der Waals surface area (Å²) in [6.07, 6.45) is 6.48. The maximum absolute atomic E-state index is 13.5. The van der Waals surface area contributed by atoms with Crippen LogP contribution in [0, 0.1) is 11.3 Å². The number of nitrogens with zero attached hydrogens (tertiary/aromatic N) is 1. The van der Waals surface area contributed by atoms with Crippen molar-refractivity contribution in [3.05, 3.63) is 82.1 Å². The third kappa shape index (κ3) is 5.35. The molecule has 5 rings (SSSR count). The fourth-order valence-corrected chi connectivity index (χ4v) is 6.39. The van der Waals surface area contributed by atoms with Crippen LogP contribution in [0.5, 0.6) is 5.75 Å². The van der Waals surface area contributed by atoms with E-state index in [2.05, 4.69) is 38.2 Å². The van der Waals surface area contributed by atoms with Crippen LogP contribution in [0.3, 0.4) is 0 Å². The average molecular weight is 515 g/mol. The number of furan rings is 1. The zero-order chi connectivity index (χ0) is 26.0. The molecule has 1 aliphatic rings. The van der Waals surface area contributed by atoms with Crippen LogP contribution in [0.2, 0.25) is 0 Å². The highest BCUT2D eigenvalue weighted by atomic mass is 32.1. The molecule has 1 N–H and O–H groups in total. The van der Waals surface area contributed by atoms with Gasteiger partial charge in [-0.1, -0.05) is 45.0 Å². The Morgan fingerprint density at radius 2 is 1.97 bits per heavy atom. The van der Waals surface area contributed by atoms with Crippen molar-refractivity contribution in [3.8, 4) is 5.75 Å². The first-order valence-corrected chi connectivity index (χ1v) is 13.8. The first kappa shape index (κ1) is 25.3. The number of benzene rings is 2. The molecule has 1 atom stereocenters. The summed E-state index contributed by atoms with van der Waals surface area (Å²) in [7, 11) is 0. The Bertz CT molecular complexity index is 1430. The van der Waals surface area contributed by atoms with Crippen LogP contribution < -0.4 is 10.1 Å². The highest BCUT2D eigenvalue weighted by Gasteiger charge is 2.33. The molecule has 0 fully saturated rings. The molecule has 2 aromatic heterocycles. The van der Waals surface area contributed by atoms with E-state index in [1.165, 1.54) is 4.88 Å². The summed E-state index contributed by atoms with van der Waals surface area (Å²) in [5.41, 5.74) is 3.10. The van der Waals surface area contributed by atoms with Gasteiger partial charge in [-0.15, -0.1) is 11.3 Å². The predicted molar refractivity (Wildman–Crippen MR) is 152 cm³/mol. The van der Waals surface area contributed by atoms with Gasteiger partial charge in [0.15, 0.2) is 0 Å². The molecule has 37 heavy (non-hydrogen) atoms. The average Bonchev–Trinajstić information content (AvgIpc) is 3.53. The first-order chi connectivity index (χ1) is 17.8. The zero-order valence-electron chi connectivity index (χ0n) is 22.0. The fourth-order valence-electron chi connectivity index (χ4n) is 5.12. The largest absolute Gasteiger partial charge is 0.493 e. The summed E-state index contributed by atoms with van der Waals surface area (Å²) in [5.74, 6) is 2.10. The van der Waals surface area contributed by atoms with E-state index >= 15 is 0 Å². The number of hydrogen-bond acceptors (Lipinski definition) is 5. The molecule has 0 aliphatic heterocycles. The highest BCUT2D eigenvalue weighted by Crippen LogP contribution is 2.45. The number of ether oxygens (including phenoxy) is 1. The van der Waals surface area contributed by atoms with Crippen molar-refractivity contribution in [2.24, 2.45) is 16.3 Å². The van der Waals surface area contributed by atoms with Crippen molar-refractivity contribution >= 4 is 39.2 Å². The third-order valence-corrected chi connectivity index (χ3v) is 8.40. The van der Waals surface area contributed by atoms with Crippen molar-refractivity contribution in [1.29, 1.82) is 0 Å². The third-order valence-electron chi connectivity index (χ3n) is 7.24. The Labute approximate surface area is 222 Å².